The molecule has 0 aliphatic rings. The predicted octanol–water partition coefficient (Wildman–Crippen LogP) is 13.1. The van der Waals surface area contributed by atoms with Crippen molar-refractivity contribution in [1.29, 1.82) is 0 Å². The Morgan fingerprint density at radius 2 is 0.774 bits per heavy atom. The Morgan fingerprint density at radius 1 is 0.415 bits per heavy atom. The quantitative estimate of drug-likeness (QED) is 0.178. The number of rotatable bonds is 5. The molecule has 3 nitrogen and oxygen atoms in total. The van der Waals surface area contributed by atoms with E-state index in [1.54, 1.807) is 0 Å². The van der Waals surface area contributed by atoms with Crippen molar-refractivity contribution in [3.05, 3.63) is 87.5 Å². The van der Waals surface area contributed by atoms with Crippen molar-refractivity contribution in [3.63, 3.8) is 0 Å². The molecule has 0 bridgehead atoms. The minimum absolute atomic E-state index is 0.0107. The first-order chi connectivity index (χ1) is 23.4. The molecular weight excluding hydrogens is 668 g/mol. The van der Waals surface area contributed by atoms with Gasteiger partial charge >= 0.3 is 325 Å². The van der Waals surface area contributed by atoms with E-state index in [1.807, 2.05) is 19.9 Å². The number of hydrogen-bond acceptors (Lipinski definition) is 3. The van der Waals surface area contributed by atoms with Gasteiger partial charge in [-0.2, -0.15) is 0 Å². The summed E-state index contributed by atoms with van der Waals surface area (Å²) in [6, 6.07) is 18.0. The molecular formula is C49H75O3P. The van der Waals surface area contributed by atoms with Crippen LogP contribution in [0, 0.1) is 0 Å². The van der Waals surface area contributed by atoms with Gasteiger partial charge in [-0.15, -0.1) is 0 Å². The molecule has 0 amide bonds. The van der Waals surface area contributed by atoms with Gasteiger partial charge in [-0.05, 0) is 0 Å². The van der Waals surface area contributed by atoms with Gasteiger partial charge in [-0.3, -0.25) is 0 Å². The van der Waals surface area contributed by atoms with Crippen LogP contribution in [0.5, 0.6) is 0 Å². The van der Waals surface area contributed by atoms with Crippen LogP contribution in [-0.4, -0.2) is 19.8 Å². The summed E-state index contributed by atoms with van der Waals surface area (Å²) in [4.78, 5) is 39.2. The van der Waals surface area contributed by atoms with Gasteiger partial charge in [-0.1, -0.05) is 0 Å². The van der Waals surface area contributed by atoms with E-state index < -0.39 is 17.9 Å². The normalized spacial score (nSPS) is 16.2. The standard InChI is InChI=1S/C49H75O3P/c1-21-49(20,30-33-24-36-31(25-38(33)45(8,9)10)22-34(43(2,3)4)27-39(36)46(11,12)13)53(50,51,52)42-29-37-32(26-41(42)48(17,18)19)23-35(44(5,6)7)28-40(37)47(14,15)16/h22-29,50-52H,21,30H2,1-20H3. The average Bonchev–Trinajstić information content (AvgIpc) is 2.95. The maximum atomic E-state index is 13.1. The predicted molar refractivity (Wildman–Crippen MR) is 236 cm³/mol. The van der Waals surface area contributed by atoms with E-state index in [2.05, 4.69) is 167 Å². The Morgan fingerprint density at radius 3 is 1.11 bits per heavy atom. The van der Waals surface area contributed by atoms with E-state index in [0.717, 1.165) is 27.5 Å². The number of fused-ring (bicyclic) bond motifs is 2. The molecule has 53 heavy (non-hydrogen) atoms. The topological polar surface area (TPSA) is 60.7 Å². The third kappa shape index (κ3) is 8.17. The summed E-state index contributed by atoms with van der Waals surface area (Å²) in [5.74, 6) is 0. The third-order valence-corrected chi connectivity index (χ3v) is 15.7. The molecule has 0 radical (unpaired) electrons. The molecule has 3 N–H and O–H groups in total. The fourth-order valence-electron chi connectivity index (χ4n) is 8.01. The molecule has 0 aromatic heterocycles. The molecule has 0 fully saturated rings. The molecule has 4 rings (SSSR count). The molecule has 0 saturated carbocycles. The van der Waals surface area contributed by atoms with E-state index in [9.17, 15) is 14.7 Å². The summed E-state index contributed by atoms with van der Waals surface area (Å²) in [5.41, 5.74) is 6.88. The zero-order chi connectivity index (χ0) is 40.9. The van der Waals surface area contributed by atoms with Crippen molar-refractivity contribution < 1.29 is 14.7 Å². The van der Waals surface area contributed by atoms with Gasteiger partial charge in [0, 0.05) is 0 Å². The summed E-state index contributed by atoms with van der Waals surface area (Å²) in [5, 5.41) is 3.44. The van der Waals surface area contributed by atoms with E-state index >= 15 is 0 Å². The number of hydrogen-bond donors (Lipinski definition) is 3. The van der Waals surface area contributed by atoms with Gasteiger partial charge in [0.05, 0.1) is 0 Å². The van der Waals surface area contributed by atoms with Gasteiger partial charge < -0.3 is 0 Å². The zero-order valence-corrected chi connectivity index (χ0v) is 38.2. The first-order valence-electron chi connectivity index (χ1n) is 19.9. The molecule has 294 valence electrons. The average molecular weight is 743 g/mol. The first kappa shape index (κ1) is 43.4. The van der Waals surface area contributed by atoms with Gasteiger partial charge in [0.1, 0.15) is 0 Å². The van der Waals surface area contributed by atoms with Crippen LogP contribution in [0.2, 0.25) is 0 Å². The monoisotopic (exact) mass is 743 g/mol. The molecule has 0 heterocycles. The van der Waals surface area contributed by atoms with Crippen LogP contribution < -0.4 is 5.30 Å². The minimum atomic E-state index is -5.68. The van der Waals surface area contributed by atoms with Gasteiger partial charge in [0.15, 0.2) is 0 Å². The van der Waals surface area contributed by atoms with Crippen LogP contribution in [0.25, 0.3) is 21.5 Å². The van der Waals surface area contributed by atoms with Crippen molar-refractivity contribution >= 4 is 34.1 Å². The Balaban J connectivity index is 2.13. The Labute approximate surface area is 324 Å². The summed E-state index contributed by atoms with van der Waals surface area (Å²) >= 11 is 0. The summed E-state index contributed by atoms with van der Waals surface area (Å²) < 4.78 is 0. The van der Waals surface area contributed by atoms with Gasteiger partial charge in [0.2, 0.25) is 0 Å². The molecule has 1 unspecified atom stereocenters. The second-order valence-electron chi connectivity index (χ2n) is 22.9. The molecule has 4 aromatic rings. The number of benzene rings is 4. The fourth-order valence-corrected chi connectivity index (χ4v) is 10.8. The SMILES string of the molecule is CCC(C)(Cc1cc2c(C(C)(C)C)cc(C(C)(C)C)cc2cc1C(C)(C)C)P(O)(O)(O)c1cc2c(C(C)(C)C)cc(C(C)(C)C)cc2cc1C(C)(C)C. The molecule has 0 saturated heterocycles. The Hall–Kier alpha value is -2.29. The van der Waals surface area contributed by atoms with Crippen LogP contribution in [0.3, 0.4) is 0 Å². The summed E-state index contributed by atoms with van der Waals surface area (Å²) in [7, 11) is -5.68. The maximum absolute atomic E-state index is 13.1. The van der Waals surface area contributed by atoms with E-state index in [0.29, 0.717) is 12.8 Å². The summed E-state index contributed by atoms with van der Waals surface area (Å²) in [6.07, 6.45) is 0.691. The van der Waals surface area contributed by atoms with E-state index in [4.69, 9.17) is 0 Å². The molecule has 0 aliphatic heterocycles. The Bertz CT molecular complexity index is 2030. The van der Waals surface area contributed by atoms with Gasteiger partial charge in [0.25, 0.3) is 0 Å². The molecule has 0 spiro atoms. The van der Waals surface area contributed by atoms with Crippen molar-refractivity contribution in [1.82, 2.24) is 0 Å². The fraction of sp³-hybridized carbons (Fsp3) is 0.592. The van der Waals surface area contributed by atoms with Crippen molar-refractivity contribution in [2.24, 2.45) is 0 Å². The second kappa shape index (κ2) is 12.9. The second-order valence-corrected chi connectivity index (χ2v) is 26.4. The van der Waals surface area contributed by atoms with Crippen molar-refractivity contribution in [3.8, 4) is 0 Å². The van der Waals surface area contributed by atoms with Crippen LogP contribution in [-0.2, 0) is 38.9 Å². The first-order valence-corrected chi connectivity index (χ1v) is 22.0. The Kier molecular flexibility index (Phi) is 10.6. The summed E-state index contributed by atoms with van der Waals surface area (Å²) in [6.45, 7) is 43.9. The molecule has 4 heteroatoms. The van der Waals surface area contributed by atoms with Crippen molar-refractivity contribution in [2.75, 3.05) is 0 Å². The molecule has 0 aliphatic carbocycles. The van der Waals surface area contributed by atoms with E-state index in [-0.39, 0.29) is 32.4 Å². The zero-order valence-electron chi connectivity index (χ0n) is 37.3. The molecule has 1 atom stereocenters. The third-order valence-electron chi connectivity index (χ3n) is 12.0. The van der Waals surface area contributed by atoms with E-state index in [1.165, 1.54) is 33.0 Å². The van der Waals surface area contributed by atoms with Crippen LogP contribution >= 0.6 is 7.28 Å². The van der Waals surface area contributed by atoms with Gasteiger partial charge in [-0.25, -0.2) is 0 Å². The van der Waals surface area contributed by atoms with Crippen LogP contribution in [0.1, 0.15) is 184 Å². The van der Waals surface area contributed by atoms with Crippen LogP contribution in [0.15, 0.2) is 48.5 Å². The molecule has 4 aromatic carbocycles. The van der Waals surface area contributed by atoms with Crippen LogP contribution in [0.4, 0.5) is 0 Å². The van der Waals surface area contributed by atoms with Crippen molar-refractivity contribution in [2.45, 2.75) is 189 Å².